The summed E-state index contributed by atoms with van der Waals surface area (Å²) >= 11 is 0. The SMILES string of the molecule is CC=CCOCCNC(C)CCC. The van der Waals surface area contributed by atoms with Crippen LogP contribution in [0.5, 0.6) is 0 Å². The lowest BCUT2D eigenvalue weighted by molar-refractivity contribution is 0.161. The summed E-state index contributed by atoms with van der Waals surface area (Å²) in [5.74, 6) is 0. The maximum Gasteiger partial charge on any atom is 0.0647 e. The minimum atomic E-state index is 0.621. The van der Waals surface area contributed by atoms with Crippen LogP contribution in [-0.4, -0.2) is 25.8 Å². The number of ether oxygens (including phenoxy) is 1. The van der Waals surface area contributed by atoms with Crippen LogP contribution in [-0.2, 0) is 4.74 Å². The van der Waals surface area contributed by atoms with Crippen LogP contribution >= 0.6 is 0 Å². The second-order valence-electron chi connectivity index (χ2n) is 3.29. The molecule has 0 amide bonds. The molecule has 0 bridgehead atoms. The Kier molecular flexibility index (Phi) is 9.49. The van der Waals surface area contributed by atoms with E-state index < -0.39 is 0 Å². The lowest BCUT2D eigenvalue weighted by Crippen LogP contribution is -2.29. The van der Waals surface area contributed by atoms with Crippen molar-refractivity contribution in [3.8, 4) is 0 Å². The minimum Gasteiger partial charge on any atom is -0.376 e. The molecule has 0 heterocycles. The number of nitrogens with one attached hydrogen (secondary N) is 1. The molecule has 2 nitrogen and oxygen atoms in total. The summed E-state index contributed by atoms with van der Waals surface area (Å²) < 4.78 is 5.35. The quantitative estimate of drug-likeness (QED) is 0.463. The van der Waals surface area contributed by atoms with Gasteiger partial charge in [0.15, 0.2) is 0 Å². The first-order valence-corrected chi connectivity index (χ1v) is 5.23. The van der Waals surface area contributed by atoms with Crippen molar-refractivity contribution in [1.82, 2.24) is 5.32 Å². The maximum absolute atomic E-state index is 5.35. The summed E-state index contributed by atoms with van der Waals surface area (Å²) in [4.78, 5) is 0. The summed E-state index contributed by atoms with van der Waals surface area (Å²) in [5.41, 5.74) is 0. The third-order valence-corrected chi connectivity index (χ3v) is 1.91. The van der Waals surface area contributed by atoms with Gasteiger partial charge < -0.3 is 10.1 Å². The monoisotopic (exact) mass is 185 g/mol. The molecule has 1 N–H and O–H groups in total. The van der Waals surface area contributed by atoms with Crippen molar-refractivity contribution in [3.63, 3.8) is 0 Å². The van der Waals surface area contributed by atoms with Crippen LogP contribution in [0.2, 0.25) is 0 Å². The maximum atomic E-state index is 5.35. The summed E-state index contributed by atoms with van der Waals surface area (Å²) in [6.45, 7) is 8.93. The van der Waals surface area contributed by atoms with Crippen LogP contribution in [0.3, 0.4) is 0 Å². The van der Waals surface area contributed by atoms with E-state index >= 15 is 0 Å². The Balaban J connectivity index is 3.06. The first kappa shape index (κ1) is 12.7. The van der Waals surface area contributed by atoms with Gasteiger partial charge in [-0.05, 0) is 20.3 Å². The second kappa shape index (κ2) is 9.75. The lowest BCUT2D eigenvalue weighted by atomic mass is 10.2. The molecule has 0 aliphatic rings. The minimum absolute atomic E-state index is 0.621. The Bertz CT molecular complexity index is 123. The molecular formula is C11H23NO. The van der Waals surface area contributed by atoms with Gasteiger partial charge in [0.05, 0.1) is 13.2 Å². The lowest BCUT2D eigenvalue weighted by Gasteiger charge is -2.11. The summed E-state index contributed by atoms with van der Waals surface area (Å²) in [7, 11) is 0. The van der Waals surface area contributed by atoms with Crippen LogP contribution in [0.15, 0.2) is 12.2 Å². The van der Waals surface area contributed by atoms with Gasteiger partial charge in [0.2, 0.25) is 0 Å². The van der Waals surface area contributed by atoms with Crippen molar-refractivity contribution in [2.45, 2.75) is 39.7 Å². The first-order valence-electron chi connectivity index (χ1n) is 5.23. The van der Waals surface area contributed by atoms with E-state index in [2.05, 4.69) is 19.2 Å². The van der Waals surface area contributed by atoms with Crippen molar-refractivity contribution >= 4 is 0 Å². The van der Waals surface area contributed by atoms with Crippen LogP contribution in [0.4, 0.5) is 0 Å². The fourth-order valence-corrected chi connectivity index (χ4v) is 1.16. The normalized spacial score (nSPS) is 13.8. The van der Waals surface area contributed by atoms with Crippen LogP contribution in [0, 0.1) is 0 Å². The highest BCUT2D eigenvalue weighted by atomic mass is 16.5. The van der Waals surface area contributed by atoms with E-state index in [0.29, 0.717) is 6.04 Å². The zero-order chi connectivity index (χ0) is 9.94. The van der Waals surface area contributed by atoms with Gasteiger partial charge in [-0.2, -0.15) is 0 Å². The van der Waals surface area contributed by atoms with Crippen LogP contribution in [0.25, 0.3) is 0 Å². The third kappa shape index (κ3) is 9.57. The largest absolute Gasteiger partial charge is 0.376 e. The molecule has 0 aliphatic carbocycles. The molecule has 0 rings (SSSR count). The molecule has 13 heavy (non-hydrogen) atoms. The highest BCUT2D eigenvalue weighted by Gasteiger charge is 1.97. The van der Waals surface area contributed by atoms with E-state index in [-0.39, 0.29) is 0 Å². The smallest absolute Gasteiger partial charge is 0.0647 e. The van der Waals surface area contributed by atoms with Crippen molar-refractivity contribution in [3.05, 3.63) is 12.2 Å². The average Bonchev–Trinajstić information content (AvgIpc) is 2.11. The highest BCUT2D eigenvalue weighted by Crippen LogP contribution is 1.93. The molecule has 0 spiro atoms. The van der Waals surface area contributed by atoms with Crippen LogP contribution < -0.4 is 5.32 Å². The number of allylic oxidation sites excluding steroid dienone is 1. The molecule has 0 aromatic carbocycles. The molecule has 0 radical (unpaired) electrons. The van der Waals surface area contributed by atoms with E-state index in [0.717, 1.165) is 19.8 Å². The second-order valence-corrected chi connectivity index (χ2v) is 3.29. The van der Waals surface area contributed by atoms with E-state index in [1.807, 2.05) is 19.1 Å². The predicted molar refractivity (Wildman–Crippen MR) is 58.0 cm³/mol. The van der Waals surface area contributed by atoms with Gasteiger partial charge in [0, 0.05) is 12.6 Å². The average molecular weight is 185 g/mol. The van der Waals surface area contributed by atoms with Gasteiger partial charge in [-0.25, -0.2) is 0 Å². The van der Waals surface area contributed by atoms with Gasteiger partial charge in [-0.1, -0.05) is 25.5 Å². The van der Waals surface area contributed by atoms with Gasteiger partial charge in [0.25, 0.3) is 0 Å². The van der Waals surface area contributed by atoms with Gasteiger partial charge in [-0.15, -0.1) is 0 Å². The zero-order valence-corrected chi connectivity index (χ0v) is 9.18. The van der Waals surface area contributed by atoms with Crippen molar-refractivity contribution < 1.29 is 4.74 Å². The standard InChI is InChI=1S/C11H23NO/c1-4-6-9-13-10-8-12-11(3)7-5-2/h4,6,11-12H,5,7-10H2,1-3H3. The fraction of sp³-hybridized carbons (Fsp3) is 0.818. The van der Waals surface area contributed by atoms with Crippen molar-refractivity contribution in [1.29, 1.82) is 0 Å². The molecule has 0 saturated carbocycles. The molecule has 78 valence electrons. The Morgan fingerprint density at radius 1 is 1.46 bits per heavy atom. The summed E-state index contributed by atoms with van der Waals surface area (Å²) in [6, 6.07) is 0.621. The number of hydrogen-bond donors (Lipinski definition) is 1. The van der Waals surface area contributed by atoms with Crippen molar-refractivity contribution in [2.24, 2.45) is 0 Å². The molecule has 2 heteroatoms. The van der Waals surface area contributed by atoms with Crippen LogP contribution in [0.1, 0.15) is 33.6 Å². The molecular weight excluding hydrogens is 162 g/mol. The Morgan fingerprint density at radius 2 is 2.23 bits per heavy atom. The molecule has 1 unspecified atom stereocenters. The molecule has 0 aromatic rings. The Morgan fingerprint density at radius 3 is 2.85 bits per heavy atom. The predicted octanol–water partition coefficient (Wildman–Crippen LogP) is 2.36. The zero-order valence-electron chi connectivity index (χ0n) is 9.18. The Hall–Kier alpha value is -0.340. The molecule has 0 aliphatic heterocycles. The Labute approximate surface area is 82.4 Å². The van der Waals surface area contributed by atoms with Gasteiger partial charge in [-0.3, -0.25) is 0 Å². The molecule has 1 atom stereocenters. The van der Waals surface area contributed by atoms with Gasteiger partial charge in [0.1, 0.15) is 0 Å². The van der Waals surface area contributed by atoms with Crippen molar-refractivity contribution in [2.75, 3.05) is 19.8 Å². The topological polar surface area (TPSA) is 21.3 Å². The van der Waals surface area contributed by atoms with E-state index in [4.69, 9.17) is 4.74 Å². The van der Waals surface area contributed by atoms with E-state index in [1.54, 1.807) is 0 Å². The molecule has 0 fully saturated rings. The highest BCUT2D eigenvalue weighted by molar-refractivity contribution is 4.75. The van der Waals surface area contributed by atoms with E-state index in [9.17, 15) is 0 Å². The third-order valence-electron chi connectivity index (χ3n) is 1.91. The molecule has 0 saturated heterocycles. The fourth-order valence-electron chi connectivity index (χ4n) is 1.16. The first-order chi connectivity index (χ1) is 6.31. The van der Waals surface area contributed by atoms with E-state index in [1.165, 1.54) is 12.8 Å². The molecule has 0 aromatic heterocycles. The number of rotatable bonds is 8. The number of hydrogen-bond acceptors (Lipinski definition) is 2. The summed E-state index contributed by atoms with van der Waals surface area (Å²) in [5, 5.41) is 3.41. The van der Waals surface area contributed by atoms with Gasteiger partial charge >= 0.3 is 0 Å². The summed E-state index contributed by atoms with van der Waals surface area (Å²) in [6.07, 6.45) is 6.52.